The van der Waals surface area contributed by atoms with Crippen molar-refractivity contribution in [3.8, 4) is 0 Å². The molecule has 10 nitrogen and oxygen atoms in total. The number of carbonyl (C=O) groups is 2. The molecule has 55 heavy (non-hydrogen) atoms. The third-order valence-corrected chi connectivity index (χ3v) is 10.0. The molecule has 4 N–H and O–H groups in total. The zero-order valence-electron chi connectivity index (χ0n) is 34.8. The molecule has 0 amide bonds. The zero-order chi connectivity index (χ0) is 40.5. The van der Waals surface area contributed by atoms with Crippen LogP contribution in [0.2, 0.25) is 0 Å². The minimum absolute atomic E-state index is 0.00773. The van der Waals surface area contributed by atoms with Gasteiger partial charge in [0.25, 0.3) is 0 Å². The number of hydrogen-bond donors (Lipinski definition) is 3. The summed E-state index contributed by atoms with van der Waals surface area (Å²) in [6.07, 6.45) is 45.9. The number of unbranched alkanes of at least 4 members (excludes halogenated alkanes) is 19. The van der Waals surface area contributed by atoms with Crippen molar-refractivity contribution in [1.29, 1.82) is 0 Å². The Morgan fingerprint density at radius 1 is 0.600 bits per heavy atom. The van der Waals surface area contributed by atoms with Crippen LogP contribution in [0.15, 0.2) is 48.6 Å². The van der Waals surface area contributed by atoms with E-state index in [2.05, 4.69) is 62.5 Å². The van der Waals surface area contributed by atoms with Crippen LogP contribution in [0.25, 0.3) is 0 Å². The van der Waals surface area contributed by atoms with Gasteiger partial charge in [0.1, 0.15) is 12.1 Å². The van der Waals surface area contributed by atoms with E-state index in [9.17, 15) is 19.0 Å². The Bertz CT molecular complexity index is 1060. The summed E-state index contributed by atoms with van der Waals surface area (Å²) in [5, 5.41) is 8.89. The molecule has 0 aromatic rings. The van der Waals surface area contributed by atoms with Crippen molar-refractivity contribution < 1.29 is 42.7 Å². The highest BCUT2D eigenvalue weighted by Crippen LogP contribution is 2.43. The molecule has 0 aliphatic rings. The van der Waals surface area contributed by atoms with Gasteiger partial charge in [0.05, 0.1) is 19.8 Å². The van der Waals surface area contributed by atoms with Crippen molar-refractivity contribution in [3.05, 3.63) is 48.6 Å². The minimum Gasteiger partial charge on any atom is -0.480 e. The fraction of sp³-hybridized carbons (Fsp3) is 0.773. The number of ether oxygens (including phenoxy) is 2. The third kappa shape index (κ3) is 39.9. The molecular formula is C44H80NO9P. The number of phosphoric acid groups is 1. The van der Waals surface area contributed by atoms with Gasteiger partial charge in [-0.15, -0.1) is 0 Å². The van der Waals surface area contributed by atoms with Gasteiger partial charge in [-0.1, -0.05) is 152 Å². The molecule has 0 saturated carbocycles. The second-order valence-electron chi connectivity index (χ2n) is 14.4. The first kappa shape index (κ1) is 52.9. The number of rotatable bonds is 41. The number of carboxylic acid groups (broad SMARTS) is 1. The lowest BCUT2D eigenvalue weighted by Crippen LogP contribution is -2.34. The molecule has 0 bridgehead atoms. The lowest BCUT2D eigenvalue weighted by Gasteiger charge is -2.20. The van der Waals surface area contributed by atoms with Gasteiger partial charge in [-0.25, -0.2) is 4.57 Å². The maximum Gasteiger partial charge on any atom is 0.472 e. The Morgan fingerprint density at radius 3 is 1.60 bits per heavy atom. The molecule has 0 rings (SSSR count). The van der Waals surface area contributed by atoms with Crippen LogP contribution in [0.4, 0.5) is 0 Å². The fourth-order valence-electron chi connectivity index (χ4n) is 5.73. The average Bonchev–Trinajstić information content (AvgIpc) is 3.16. The van der Waals surface area contributed by atoms with Crippen LogP contribution in [0.1, 0.15) is 181 Å². The summed E-state index contributed by atoms with van der Waals surface area (Å²) < 4.78 is 33.3. The van der Waals surface area contributed by atoms with Crippen LogP contribution in [0.3, 0.4) is 0 Å². The highest BCUT2D eigenvalue weighted by molar-refractivity contribution is 7.47. The van der Waals surface area contributed by atoms with Gasteiger partial charge in [0, 0.05) is 13.0 Å². The standard InChI is InChI=1S/C44H80NO9P/c1-3-5-7-9-11-13-15-17-19-20-21-23-25-27-29-31-33-35-37-51-38-41(39-52-55(49,50)53-40-42(45)44(47)48)54-43(46)36-34-32-30-28-26-24-22-18-16-14-12-10-8-6-4-2/h5,7,11,13,17-19,22,41-42H,3-4,6,8-10,12,14-16,20-21,23-40,45H2,1-2H3,(H,47,48)(H,49,50)/b7-5-,13-11-,19-17-,22-18-. The Labute approximate surface area is 335 Å². The number of carboxylic acids is 1. The quantitative estimate of drug-likeness (QED) is 0.0236. The maximum atomic E-state index is 12.6. The van der Waals surface area contributed by atoms with Gasteiger partial charge >= 0.3 is 19.8 Å². The van der Waals surface area contributed by atoms with E-state index in [1.165, 1.54) is 77.0 Å². The summed E-state index contributed by atoms with van der Waals surface area (Å²) in [6, 6.07) is -1.48. The first-order valence-electron chi connectivity index (χ1n) is 21.7. The molecule has 0 aromatic heterocycles. The van der Waals surface area contributed by atoms with Crippen molar-refractivity contribution in [2.75, 3.05) is 26.4 Å². The van der Waals surface area contributed by atoms with E-state index in [1.54, 1.807) is 0 Å². The molecule has 0 fully saturated rings. The first-order valence-corrected chi connectivity index (χ1v) is 23.2. The Morgan fingerprint density at radius 2 is 1.05 bits per heavy atom. The highest BCUT2D eigenvalue weighted by Gasteiger charge is 2.27. The normalized spacial score (nSPS) is 14.4. The molecule has 0 heterocycles. The minimum atomic E-state index is -4.62. The molecule has 320 valence electrons. The predicted molar refractivity (Wildman–Crippen MR) is 226 cm³/mol. The van der Waals surface area contributed by atoms with E-state index < -0.39 is 45.1 Å². The number of esters is 1. The van der Waals surface area contributed by atoms with Crippen molar-refractivity contribution in [1.82, 2.24) is 0 Å². The van der Waals surface area contributed by atoms with Crippen LogP contribution in [-0.2, 0) is 32.7 Å². The summed E-state index contributed by atoms with van der Waals surface area (Å²) in [6.45, 7) is 3.74. The second kappa shape index (κ2) is 40.1. The number of allylic oxidation sites excluding steroid dienone is 8. The van der Waals surface area contributed by atoms with Gasteiger partial charge in [-0.05, 0) is 70.6 Å². The molecule has 0 radical (unpaired) electrons. The van der Waals surface area contributed by atoms with E-state index >= 15 is 0 Å². The largest absolute Gasteiger partial charge is 0.480 e. The van der Waals surface area contributed by atoms with E-state index in [4.69, 9.17) is 29.4 Å². The van der Waals surface area contributed by atoms with E-state index in [0.29, 0.717) is 13.0 Å². The number of phosphoric ester groups is 1. The monoisotopic (exact) mass is 798 g/mol. The van der Waals surface area contributed by atoms with Gasteiger partial charge in [-0.3, -0.25) is 18.6 Å². The van der Waals surface area contributed by atoms with Crippen LogP contribution >= 0.6 is 7.82 Å². The van der Waals surface area contributed by atoms with Crippen molar-refractivity contribution in [2.45, 2.75) is 193 Å². The Kier molecular flexibility index (Phi) is 38.6. The molecule has 11 heteroatoms. The van der Waals surface area contributed by atoms with Crippen molar-refractivity contribution in [2.24, 2.45) is 5.73 Å². The Hall–Kier alpha value is -2.07. The number of nitrogens with two attached hydrogens (primary N) is 1. The summed E-state index contributed by atoms with van der Waals surface area (Å²) in [7, 11) is -4.62. The molecular weight excluding hydrogens is 717 g/mol. The first-order chi connectivity index (χ1) is 26.7. The topological polar surface area (TPSA) is 155 Å². The lowest BCUT2D eigenvalue weighted by molar-refractivity contribution is -0.154. The van der Waals surface area contributed by atoms with Gasteiger partial charge in [0.15, 0.2) is 0 Å². The molecule has 0 aliphatic carbocycles. The van der Waals surface area contributed by atoms with Crippen LogP contribution in [0.5, 0.6) is 0 Å². The van der Waals surface area contributed by atoms with Crippen LogP contribution in [0, 0.1) is 0 Å². The fourth-order valence-corrected chi connectivity index (χ4v) is 6.51. The lowest BCUT2D eigenvalue weighted by atomic mass is 10.1. The van der Waals surface area contributed by atoms with E-state index in [0.717, 1.165) is 77.0 Å². The summed E-state index contributed by atoms with van der Waals surface area (Å²) >= 11 is 0. The molecule has 0 saturated heterocycles. The highest BCUT2D eigenvalue weighted by atomic mass is 31.2. The average molecular weight is 798 g/mol. The smallest absolute Gasteiger partial charge is 0.472 e. The summed E-state index contributed by atoms with van der Waals surface area (Å²) in [4.78, 5) is 33.5. The summed E-state index contributed by atoms with van der Waals surface area (Å²) in [5.74, 6) is -1.79. The third-order valence-electron chi connectivity index (χ3n) is 9.09. The SMILES string of the molecule is CC/C=C\C/C=C\C/C=C\CCCCCCCCCCOCC(COP(=O)(O)OCC(N)C(=O)O)OC(=O)CCCCCCC/C=C\CCCCCCCC. The molecule has 0 spiro atoms. The Balaban J connectivity index is 4.26. The van der Waals surface area contributed by atoms with Gasteiger partial charge in [0.2, 0.25) is 0 Å². The number of hydrogen-bond acceptors (Lipinski definition) is 8. The summed E-state index contributed by atoms with van der Waals surface area (Å²) in [5.41, 5.74) is 5.35. The zero-order valence-corrected chi connectivity index (χ0v) is 35.7. The van der Waals surface area contributed by atoms with E-state index in [-0.39, 0.29) is 13.0 Å². The van der Waals surface area contributed by atoms with Gasteiger partial charge in [-0.2, -0.15) is 0 Å². The maximum absolute atomic E-state index is 12.6. The molecule has 0 aliphatic heterocycles. The van der Waals surface area contributed by atoms with Crippen molar-refractivity contribution in [3.63, 3.8) is 0 Å². The predicted octanol–water partition coefficient (Wildman–Crippen LogP) is 11.9. The molecule has 3 unspecified atom stereocenters. The van der Waals surface area contributed by atoms with Crippen molar-refractivity contribution >= 4 is 19.8 Å². The van der Waals surface area contributed by atoms with Crippen LogP contribution < -0.4 is 5.73 Å². The molecule has 0 aromatic carbocycles. The van der Waals surface area contributed by atoms with Crippen LogP contribution in [-0.4, -0.2) is 60.5 Å². The number of carbonyl (C=O) groups excluding carboxylic acids is 1. The second-order valence-corrected chi connectivity index (χ2v) is 15.9. The number of aliphatic carboxylic acids is 1. The van der Waals surface area contributed by atoms with Gasteiger partial charge < -0.3 is 25.2 Å². The molecule has 3 atom stereocenters. The van der Waals surface area contributed by atoms with E-state index in [1.807, 2.05) is 0 Å².